The number of aryl methyl sites for hydroxylation is 3. The summed E-state index contributed by atoms with van der Waals surface area (Å²) in [5.41, 5.74) is 6.29. The molecule has 2 aromatic carbocycles. The zero-order valence-electron chi connectivity index (χ0n) is 27.7. The van der Waals surface area contributed by atoms with Gasteiger partial charge in [-0.25, -0.2) is 4.57 Å². The van der Waals surface area contributed by atoms with Crippen LogP contribution < -0.4 is 4.57 Å². The van der Waals surface area contributed by atoms with Crippen molar-refractivity contribution in [3.63, 3.8) is 0 Å². The molecule has 184 valence electrons. The molecule has 35 heavy (non-hydrogen) atoms. The fourth-order valence-electron chi connectivity index (χ4n) is 5.85. The Morgan fingerprint density at radius 2 is 1.63 bits per heavy atom. The van der Waals surface area contributed by atoms with Gasteiger partial charge in [0.15, 0.2) is 6.20 Å². The van der Waals surface area contributed by atoms with Crippen molar-refractivity contribution in [3.05, 3.63) is 64.3 Å². The van der Waals surface area contributed by atoms with Crippen molar-refractivity contribution in [1.29, 1.82) is 0 Å². The maximum Gasteiger partial charge on any atom is 0.216 e. The average molecular weight is 474 g/mol. The van der Waals surface area contributed by atoms with Gasteiger partial charge < -0.3 is 4.42 Å². The molecule has 2 nitrogen and oxygen atoms in total. The van der Waals surface area contributed by atoms with Crippen molar-refractivity contribution >= 4 is 21.9 Å². The van der Waals surface area contributed by atoms with Crippen LogP contribution in [0.1, 0.15) is 96.0 Å². The van der Waals surface area contributed by atoms with Crippen LogP contribution in [0.25, 0.3) is 33.2 Å². The van der Waals surface area contributed by atoms with Gasteiger partial charge in [-0.3, -0.25) is 0 Å². The molecule has 0 atom stereocenters. The zero-order valence-corrected chi connectivity index (χ0v) is 22.7. The topological polar surface area (TPSA) is 17.0 Å². The Kier molecular flexibility index (Phi) is 4.09. The molecule has 1 aliphatic rings. The minimum absolute atomic E-state index is 0.0324. The molecule has 0 unspecified atom stereocenters. The van der Waals surface area contributed by atoms with Crippen LogP contribution in [0.15, 0.2) is 40.9 Å². The van der Waals surface area contributed by atoms with Gasteiger partial charge in [0.25, 0.3) is 0 Å². The Morgan fingerprint density at radius 3 is 2.31 bits per heavy atom. The van der Waals surface area contributed by atoms with Gasteiger partial charge in [0.2, 0.25) is 5.69 Å². The highest BCUT2D eigenvalue weighted by molar-refractivity contribution is 6.11. The molecule has 0 radical (unpaired) electrons. The molecule has 0 aliphatic heterocycles. The van der Waals surface area contributed by atoms with E-state index >= 15 is 0 Å². The highest BCUT2D eigenvalue weighted by Gasteiger charge is 2.39. The number of hydrogen-bond acceptors (Lipinski definition) is 1. The number of furan rings is 1. The van der Waals surface area contributed by atoms with Crippen LogP contribution in [-0.2, 0) is 24.3 Å². The largest absolute Gasteiger partial charge is 0.455 e. The Hall–Kier alpha value is -2.61. The van der Waals surface area contributed by atoms with Crippen molar-refractivity contribution in [1.82, 2.24) is 0 Å². The molecule has 2 heterocycles. The second-order valence-corrected chi connectivity index (χ2v) is 12.8. The van der Waals surface area contributed by atoms with Gasteiger partial charge in [-0.2, -0.15) is 0 Å². The van der Waals surface area contributed by atoms with Crippen LogP contribution in [0.4, 0.5) is 0 Å². The van der Waals surface area contributed by atoms with Crippen molar-refractivity contribution in [2.75, 3.05) is 0 Å². The Balaban J connectivity index is 1.89. The number of pyridine rings is 1. The summed E-state index contributed by atoms with van der Waals surface area (Å²) in [6, 6.07) is 10.4. The lowest BCUT2D eigenvalue weighted by Gasteiger charge is -2.41. The van der Waals surface area contributed by atoms with E-state index in [4.69, 9.17) is 11.3 Å². The summed E-state index contributed by atoms with van der Waals surface area (Å²) in [6.07, 6.45) is 1.89. The molecule has 0 N–H and O–H groups in total. The van der Waals surface area contributed by atoms with E-state index in [-0.39, 0.29) is 22.0 Å². The average Bonchev–Trinajstić information content (AvgIpc) is 3.19. The predicted octanol–water partition coefficient (Wildman–Crippen LogP) is 8.63. The maximum absolute atomic E-state index is 9.04. The van der Waals surface area contributed by atoms with Crippen molar-refractivity contribution in [2.45, 2.75) is 92.3 Å². The highest BCUT2D eigenvalue weighted by atomic mass is 16.3. The second kappa shape index (κ2) is 7.69. The first kappa shape index (κ1) is 18.6. The van der Waals surface area contributed by atoms with Crippen molar-refractivity contribution in [2.24, 2.45) is 12.5 Å². The van der Waals surface area contributed by atoms with Crippen LogP contribution in [0.3, 0.4) is 0 Å². The van der Waals surface area contributed by atoms with E-state index in [9.17, 15) is 0 Å². The SMILES string of the molecule is [2H]C([2H])([2H])c1c[n+](C)c(-c2c(C)ccc3c2oc2c4c(ccc23)C(C)(C)CCC4(C)C)cc1C([2H])([2H])C(C)(C)C. The fourth-order valence-corrected chi connectivity index (χ4v) is 5.85. The van der Waals surface area contributed by atoms with Gasteiger partial charge >= 0.3 is 0 Å². The van der Waals surface area contributed by atoms with Crippen molar-refractivity contribution < 1.29 is 15.8 Å². The lowest BCUT2D eigenvalue weighted by Crippen LogP contribution is -2.33. The Bertz CT molecular complexity index is 1660. The number of aromatic nitrogens is 1. The maximum atomic E-state index is 9.04. The lowest BCUT2D eigenvalue weighted by molar-refractivity contribution is -0.660. The van der Waals surface area contributed by atoms with Gasteiger partial charge in [0.05, 0.1) is 5.56 Å². The van der Waals surface area contributed by atoms with E-state index in [0.29, 0.717) is 0 Å². The Morgan fingerprint density at radius 1 is 0.971 bits per heavy atom. The van der Waals surface area contributed by atoms with Gasteiger partial charge in [0, 0.05) is 34.8 Å². The van der Waals surface area contributed by atoms with Crippen LogP contribution in [0.5, 0.6) is 0 Å². The third-order valence-electron chi connectivity index (χ3n) is 7.84. The molecule has 1 aliphatic carbocycles. The molecule has 0 bridgehead atoms. The molecular formula is C33H42NO+. The standard InChI is InChI=1S/C33H42NO/c1-20-11-12-23-24-13-14-25-28(33(8,9)16-15-32(25,6)7)30(24)35-29(23)27(20)26-17-22(18-31(3,4)5)21(2)19-34(26)10/h11-14,17,19H,15-16,18H2,1-10H3/q+1/i2D3,18D2. The molecule has 2 aromatic heterocycles. The fraction of sp³-hybridized carbons (Fsp3) is 0.485. The quantitative estimate of drug-likeness (QED) is 0.266. The third-order valence-corrected chi connectivity index (χ3v) is 7.84. The predicted molar refractivity (Wildman–Crippen MR) is 148 cm³/mol. The first-order chi connectivity index (χ1) is 18.2. The molecule has 0 spiro atoms. The van der Waals surface area contributed by atoms with E-state index in [1.807, 2.05) is 14.0 Å². The molecule has 0 amide bonds. The van der Waals surface area contributed by atoms with E-state index in [1.54, 1.807) is 37.6 Å². The summed E-state index contributed by atoms with van der Waals surface area (Å²) in [5, 5.41) is 2.09. The molecule has 2 heteroatoms. The summed E-state index contributed by atoms with van der Waals surface area (Å²) in [5.74, 6) is 0. The first-order valence-corrected chi connectivity index (χ1v) is 12.7. The van der Waals surface area contributed by atoms with Crippen LogP contribution in [0, 0.1) is 19.2 Å². The van der Waals surface area contributed by atoms with E-state index in [0.717, 1.165) is 51.6 Å². The summed E-state index contributed by atoms with van der Waals surface area (Å²) < 4.78 is 51.4. The number of hydrogen-bond donors (Lipinski definition) is 0. The summed E-state index contributed by atoms with van der Waals surface area (Å²) in [4.78, 5) is 0. The van der Waals surface area contributed by atoms with E-state index < -0.39 is 18.6 Å². The number of nitrogens with zero attached hydrogens (tertiary/aromatic N) is 1. The normalized spacial score (nSPS) is 20.1. The summed E-state index contributed by atoms with van der Waals surface area (Å²) in [6.45, 7) is 14.2. The Labute approximate surface area is 218 Å². The number of benzene rings is 2. The minimum Gasteiger partial charge on any atom is -0.455 e. The molecule has 0 saturated carbocycles. The molecule has 0 saturated heterocycles. The molecule has 0 fully saturated rings. The molecule has 4 aromatic rings. The second-order valence-electron chi connectivity index (χ2n) is 12.8. The van der Waals surface area contributed by atoms with E-state index in [1.165, 1.54) is 11.1 Å². The summed E-state index contributed by atoms with van der Waals surface area (Å²) in [7, 11) is 1.83. The molecular weight excluding hydrogens is 426 g/mol. The van der Waals surface area contributed by atoms with Crippen molar-refractivity contribution in [3.8, 4) is 11.3 Å². The van der Waals surface area contributed by atoms with Crippen LogP contribution >= 0.6 is 0 Å². The van der Waals surface area contributed by atoms with E-state index in [2.05, 4.69) is 52.0 Å². The minimum atomic E-state index is -2.46. The number of rotatable bonds is 2. The lowest BCUT2D eigenvalue weighted by atomic mass is 9.63. The molecule has 5 rings (SSSR count). The van der Waals surface area contributed by atoms with Gasteiger partial charge in [-0.15, -0.1) is 0 Å². The zero-order chi connectivity index (χ0) is 29.8. The third kappa shape index (κ3) is 3.90. The smallest absolute Gasteiger partial charge is 0.216 e. The van der Waals surface area contributed by atoms with Gasteiger partial charge in [-0.1, -0.05) is 72.7 Å². The first-order valence-electron chi connectivity index (χ1n) is 15.2. The van der Waals surface area contributed by atoms with Gasteiger partial charge in [-0.05, 0) is 65.9 Å². The van der Waals surface area contributed by atoms with Crippen LogP contribution in [0.2, 0.25) is 0 Å². The van der Waals surface area contributed by atoms with Crippen LogP contribution in [-0.4, -0.2) is 0 Å². The monoisotopic (exact) mass is 473 g/mol. The van der Waals surface area contributed by atoms with Gasteiger partial charge in [0.1, 0.15) is 18.2 Å². The highest BCUT2D eigenvalue weighted by Crippen LogP contribution is 2.50. The summed E-state index contributed by atoms with van der Waals surface area (Å²) >= 11 is 0. The number of fused-ring (bicyclic) bond motifs is 5.